The second-order valence-corrected chi connectivity index (χ2v) is 8.35. The fourth-order valence-electron chi connectivity index (χ4n) is 4.03. The molecule has 1 aliphatic rings. The van der Waals surface area contributed by atoms with E-state index in [0.717, 1.165) is 17.5 Å². The van der Waals surface area contributed by atoms with Gasteiger partial charge < -0.3 is 25.4 Å². The van der Waals surface area contributed by atoms with Crippen molar-refractivity contribution in [2.45, 2.75) is 31.8 Å². The van der Waals surface area contributed by atoms with Crippen LogP contribution in [0.25, 0.3) is 0 Å². The van der Waals surface area contributed by atoms with E-state index in [1.165, 1.54) is 48.5 Å². The zero-order chi connectivity index (χ0) is 24.4. The quantitative estimate of drug-likeness (QED) is 0.351. The number of aromatic hydroxyl groups is 1. The third-order valence-electron chi connectivity index (χ3n) is 5.59. The highest BCUT2D eigenvalue weighted by Crippen LogP contribution is 2.44. The van der Waals surface area contributed by atoms with Crippen LogP contribution in [0.4, 0.5) is 10.1 Å². The van der Waals surface area contributed by atoms with E-state index in [0.29, 0.717) is 35.6 Å². The molecule has 9 heteroatoms. The van der Waals surface area contributed by atoms with Crippen LogP contribution in [-0.2, 0) is 22.4 Å². The fourth-order valence-corrected chi connectivity index (χ4v) is 4.29. The van der Waals surface area contributed by atoms with Crippen LogP contribution in [0.1, 0.15) is 41.2 Å². The highest BCUT2D eigenvalue weighted by atomic mass is 35.5. The van der Waals surface area contributed by atoms with Gasteiger partial charge >= 0.3 is 5.97 Å². The summed E-state index contributed by atoms with van der Waals surface area (Å²) >= 11 is 6.47. The Hall–Kier alpha value is -3.62. The van der Waals surface area contributed by atoms with Gasteiger partial charge in [-0.25, -0.2) is 4.39 Å². The van der Waals surface area contributed by atoms with Crippen molar-refractivity contribution < 1.29 is 34.0 Å². The fraction of sp³-hybridized carbons (Fsp3) is 0.200. The lowest BCUT2D eigenvalue weighted by Gasteiger charge is -2.18. The van der Waals surface area contributed by atoms with Gasteiger partial charge in [0.1, 0.15) is 35.6 Å². The first kappa shape index (κ1) is 23.5. The summed E-state index contributed by atoms with van der Waals surface area (Å²) in [5.41, 5.74) is 2.65. The number of phenols is 1. The van der Waals surface area contributed by atoms with Gasteiger partial charge in [-0.2, -0.15) is 0 Å². The van der Waals surface area contributed by atoms with E-state index in [4.69, 9.17) is 21.4 Å². The van der Waals surface area contributed by atoms with Gasteiger partial charge in [0.05, 0.1) is 5.02 Å². The van der Waals surface area contributed by atoms with Crippen LogP contribution in [-0.4, -0.2) is 27.2 Å². The second kappa shape index (κ2) is 9.70. The smallest absolute Gasteiger partial charge is 0.312 e. The number of rotatable bonds is 7. The van der Waals surface area contributed by atoms with E-state index in [1.54, 1.807) is 0 Å². The highest BCUT2D eigenvalue weighted by Gasteiger charge is 2.25. The minimum atomic E-state index is -1.23. The number of hydrogen-bond donors (Lipinski definition) is 4. The third-order valence-corrected chi connectivity index (χ3v) is 5.87. The number of carboxylic acid groups (broad SMARTS) is 1. The van der Waals surface area contributed by atoms with Crippen molar-refractivity contribution >= 4 is 29.2 Å². The van der Waals surface area contributed by atoms with E-state index in [2.05, 4.69) is 5.32 Å². The Labute approximate surface area is 199 Å². The molecule has 176 valence electrons. The minimum Gasteiger partial charge on any atom is -0.508 e. The van der Waals surface area contributed by atoms with Crippen molar-refractivity contribution in [3.05, 3.63) is 81.6 Å². The number of halogens is 2. The monoisotopic (exact) mass is 485 g/mol. The van der Waals surface area contributed by atoms with Gasteiger partial charge in [0.15, 0.2) is 0 Å². The van der Waals surface area contributed by atoms with Crippen molar-refractivity contribution in [2.75, 3.05) is 5.32 Å². The number of ether oxygens (including phenoxy) is 1. The highest BCUT2D eigenvalue weighted by molar-refractivity contribution is 6.32. The zero-order valence-corrected chi connectivity index (χ0v) is 18.6. The van der Waals surface area contributed by atoms with E-state index < -0.39 is 30.2 Å². The summed E-state index contributed by atoms with van der Waals surface area (Å²) in [6.45, 7) is 0. The van der Waals surface area contributed by atoms with E-state index in [9.17, 15) is 24.2 Å². The number of benzene rings is 3. The predicted octanol–water partition coefficient (Wildman–Crippen LogP) is 4.96. The van der Waals surface area contributed by atoms with E-state index >= 15 is 0 Å². The summed E-state index contributed by atoms with van der Waals surface area (Å²) in [4.78, 5) is 22.7. The van der Waals surface area contributed by atoms with E-state index in [-0.39, 0.29) is 16.3 Å². The molecule has 0 fully saturated rings. The summed E-state index contributed by atoms with van der Waals surface area (Å²) < 4.78 is 19.3. The van der Waals surface area contributed by atoms with Gasteiger partial charge in [0.25, 0.3) is 0 Å². The first-order chi connectivity index (χ1) is 16.2. The van der Waals surface area contributed by atoms with Gasteiger partial charge in [0.2, 0.25) is 5.91 Å². The third kappa shape index (κ3) is 4.98. The molecule has 4 N–H and O–H groups in total. The Balaban J connectivity index is 1.64. The molecule has 7 nitrogen and oxygen atoms in total. The SMILES string of the molecule is O=C(O)CC(=O)Nc1cc(Cl)c(Oc2ccc(O)c(C(O)c3ccc(F)cc3)c2)c2c1CCC2. The van der Waals surface area contributed by atoms with Crippen molar-refractivity contribution in [1.29, 1.82) is 0 Å². The first-order valence-electron chi connectivity index (χ1n) is 10.5. The molecular weight excluding hydrogens is 465 g/mol. The molecule has 4 rings (SSSR count). The maximum atomic E-state index is 13.2. The van der Waals surface area contributed by atoms with Crippen LogP contribution in [0, 0.1) is 5.82 Å². The van der Waals surface area contributed by atoms with Crippen LogP contribution >= 0.6 is 11.6 Å². The molecule has 3 aromatic rings. The zero-order valence-electron chi connectivity index (χ0n) is 17.8. The molecule has 0 aliphatic heterocycles. The number of carboxylic acids is 1. The molecule has 0 heterocycles. The standard InChI is InChI=1S/C25H21ClFNO6/c26-19-11-20(28-22(30)12-23(31)32)16-2-1-3-17(16)25(19)34-15-8-9-21(29)18(10-15)24(33)13-4-6-14(27)7-5-13/h4-11,24,29,33H,1-3,12H2,(H,28,30)(H,31,32). The molecule has 0 bridgehead atoms. The van der Waals surface area contributed by atoms with Gasteiger partial charge in [-0.15, -0.1) is 0 Å². The Kier molecular flexibility index (Phi) is 6.72. The van der Waals surface area contributed by atoms with Crippen LogP contribution in [0.3, 0.4) is 0 Å². The number of amides is 1. The largest absolute Gasteiger partial charge is 0.508 e. The van der Waals surface area contributed by atoms with Gasteiger partial charge in [-0.1, -0.05) is 23.7 Å². The molecule has 3 aromatic carbocycles. The normalized spacial score (nSPS) is 13.3. The molecule has 0 spiro atoms. The number of nitrogens with one attached hydrogen (secondary N) is 1. The number of carbonyl (C=O) groups is 2. The molecule has 0 aromatic heterocycles. The molecule has 1 amide bonds. The number of aliphatic hydroxyl groups excluding tert-OH is 1. The molecule has 0 saturated heterocycles. The average molecular weight is 486 g/mol. The summed E-state index contributed by atoms with van der Waals surface area (Å²) in [7, 11) is 0. The van der Waals surface area contributed by atoms with Crippen molar-refractivity contribution in [3.63, 3.8) is 0 Å². The lowest BCUT2D eigenvalue weighted by molar-refractivity contribution is -0.139. The number of anilines is 1. The number of aliphatic carboxylic acids is 1. The van der Waals surface area contributed by atoms with Crippen LogP contribution in [0.5, 0.6) is 17.2 Å². The number of hydrogen-bond acceptors (Lipinski definition) is 5. The second-order valence-electron chi connectivity index (χ2n) is 7.94. The van der Waals surface area contributed by atoms with Gasteiger partial charge in [-0.3, -0.25) is 9.59 Å². The molecule has 34 heavy (non-hydrogen) atoms. The summed E-state index contributed by atoms with van der Waals surface area (Å²) in [6.07, 6.45) is 0.248. The van der Waals surface area contributed by atoms with Crippen LogP contribution in [0.15, 0.2) is 48.5 Å². The maximum absolute atomic E-state index is 13.2. The van der Waals surface area contributed by atoms with Gasteiger partial charge in [0, 0.05) is 16.8 Å². The van der Waals surface area contributed by atoms with Crippen LogP contribution < -0.4 is 10.1 Å². The van der Waals surface area contributed by atoms with Crippen molar-refractivity contribution in [1.82, 2.24) is 0 Å². The summed E-state index contributed by atoms with van der Waals surface area (Å²) in [5.74, 6) is -1.78. The lowest BCUT2D eigenvalue weighted by atomic mass is 10.0. The predicted molar refractivity (Wildman–Crippen MR) is 123 cm³/mol. The van der Waals surface area contributed by atoms with Gasteiger partial charge in [-0.05, 0) is 66.8 Å². The molecule has 1 unspecified atom stereocenters. The van der Waals surface area contributed by atoms with Crippen LogP contribution in [0.2, 0.25) is 5.02 Å². The molecule has 0 saturated carbocycles. The molecule has 0 radical (unpaired) electrons. The summed E-state index contributed by atoms with van der Waals surface area (Å²) in [5, 5.41) is 32.6. The maximum Gasteiger partial charge on any atom is 0.312 e. The Morgan fingerprint density at radius 3 is 2.50 bits per heavy atom. The number of fused-ring (bicyclic) bond motifs is 1. The summed E-state index contributed by atoms with van der Waals surface area (Å²) in [6, 6.07) is 11.2. The number of aliphatic hydroxyl groups is 1. The van der Waals surface area contributed by atoms with E-state index in [1.807, 2.05) is 0 Å². The number of phenolic OH excluding ortho intramolecular Hbond substituents is 1. The number of carbonyl (C=O) groups excluding carboxylic acids is 1. The minimum absolute atomic E-state index is 0.156. The molecular formula is C25H21ClFNO6. The van der Waals surface area contributed by atoms with Crippen molar-refractivity contribution in [2.24, 2.45) is 0 Å². The topological polar surface area (TPSA) is 116 Å². The Bertz CT molecular complexity index is 1260. The Morgan fingerprint density at radius 1 is 1.09 bits per heavy atom. The average Bonchev–Trinajstić information content (AvgIpc) is 3.27. The Morgan fingerprint density at radius 2 is 1.79 bits per heavy atom. The first-order valence-corrected chi connectivity index (χ1v) is 10.9. The molecule has 1 atom stereocenters. The molecule has 1 aliphatic carbocycles. The lowest BCUT2D eigenvalue weighted by Crippen LogP contribution is -2.17. The van der Waals surface area contributed by atoms with Crippen molar-refractivity contribution in [3.8, 4) is 17.2 Å².